The van der Waals surface area contributed by atoms with Gasteiger partial charge >= 0.3 is 5.69 Å². The summed E-state index contributed by atoms with van der Waals surface area (Å²) in [7, 11) is 1.62. The van der Waals surface area contributed by atoms with E-state index < -0.39 is 0 Å². The van der Waals surface area contributed by atoms with Crippen LogP contribution in [0.25, 0.3) is 22.2 Å². The number of aromatic nitrogens is 2. The van der Waals surface area contributed by atoms with Crippen LogP contribution in [0.15, 0.2) is 65.5 Å². The maximum atomic E-state index is 12.8. The first-order valence-corrected chi connectivity index (χ1v) is 10.6. The van der Waals surface area contributed by atoms with Crippen molar-refractivity contribution >= 4 is 11.0 Å². The van der Waals surface area contributed by atoms with Crippen molar-refractivity contribution < 1.29 is 9.47 Å². The van der Waals surface area contributed by atoms with Crippen LogP contribution in [0.4, 0.5) is 0 Å². The Morgan fingerprint density at radius 3 is 2.55 bits per heavy atom. The van der Waals surface area contributed by atoms with Crippen molar-refractivity contribution in [2.75, 3.05) is 13.7 Å². The average molecular weight is 417 g/mol. The first kappa shape index (κ1) is 20.8. The Hall–Kier alpha value is -3.47. The summed E-state index contributed by atoms with van der Waals surface area (Å²) in [5.41, 5.74) is 6.16. The van der Waals surface area contributed by atoms with Gasteiger partial charge in [-0.25, -0.2) is 4.79 Å². The van der Waals surface area contributed by atoms with Crippen molar-refractivity contribution in [3.05, 3.63) is 82.3 Å². The molecule has 0 amide bonds. The number of imidazole rings is 1. The van der Waals surface area contributed by atoms with Gasteiger partial charge in [-0.05, 0) is 59.4 Å². The number of fused-ring (bicyclic) bond motifs is 1. The van der Waals surface area contributed by atoms with Gasteiger partial charge in [0.2, 0.25) is 0 Å². The number of aromatic amines is 1. The zero-order valence-electron chi connectivity index (χ0n) is 18.4. The van der Waals surface area contributed by atoms with Crippen molar-refractivity contribution in [3.63, 3.8) is 0 Å². The van der Waals surface area contributed by atoms with Crippen LogP contribution >= 0.6 is 0 Å². The molecule has 1 aromatic heterocycles. The maximum Gasteiger partial charge on any atom is 0.326 e. The number of hydrogen-bond acceptors (Lipinski definition) is 3. The second-order valence-electron chi connectivity index (χ2n) is 7.91. The molecule has 4 aromatic rings. The number of H-pyrrole nitrogens is 1. The Morgan fingerprint density at radius 1 is 1.00 bits per heavy atom. The van der Waals surface area contributed by atoms with E-state index in [0.29, 0.717) is 30.6 Å². The van der Waals surface area contributed by atoms with E-state index in [4.69, 9.17) is 9.47 Å². The molecule has 0 aliphatic heterocycles. The van der Waals surface area contributed by atoms with Gasteiger partial charge in [-0.2, -0.15) is 0 Å². The van der Waals surface area contributed by atoms with Gasteiger partial charge in [-0.15, -0.1) is 0 Å². The van der Waals surface area contributed by atoms with E-state index in [9.17, 15) is 4.79 Å². The number of nitrogens with one attached hydrogen (secondary N) is 1. The monoisotopic (exact) mass is 416 g/mol. The summed E-state index contributed by atoms with van der Waals surface area (Å²) in [6.07, 6.45) is 0. The molecule has 0 aliphatic rings. The fourth-order valence-electron chi connectivity index (χ4n) is 4.02. The molecule has 5 nitrogen and oxygen atoms in total. The second-order valence-corrected chi connectivity index (χ2v) is 7.91. The first-order chi connectivity index (χ1) is 15.0. The standard InChI is InChI=1S/C26H28N2O3/c1-5-31-25-14-18(10-13-24(25)30-4)16-28-23-12-11-19(15-22(23)27-26(28)29)21-9-7-6-8-20(21)17(2)3/h6-15,17H,5,16H2,1-4H3,(H,27,29). The van der Waals surface area contributed by atoms with Gasteiger partial charge in [-0.3, -0.25) is 4.57 Å². The third-order valence-electron chi connectivity index (χ3n) is 5.54. The Balaban J connectivity index is 1.72. The van der Waals surface area contributed by atoms with E-state index in [-0.39, 0.29) is 5.69 Å². The van der Waals surface area contributed by atoms with Gasteiger partial charge in [0.15, 0.2) is 11.5 Å². The molecule has 0 radical (unpaired) electrons. The predicted octanol–water partition coefficient (Wildman–Crippen LogP) is 5.58. The molecule has 1 N–H and O–H groups in total. The molecule has 0 fully saturated rings. The van der Waals surface area contributed by atoms with Gasteiger partial charge in [-0.1, -0.05) is 50.2 Å². The molecule has 0 atom stereocenters. The van der Waals surface area contributed by atoms with E-state index in [0.717, 1.165) is 22.2 Å². The molecule has 1 heterocycles. The highest BCUT2D eigenvalue weighted by Gasteiger charge is 2.13. The van der Waals surface area contributed by atoms with Crippen molar-refractivity contribution in [3.8, 4) is 22.6 Å². The van der Waals surface area contributed by atoms with E-state index in [2.05, 4.69) is 55.2 Å². The maximum absolute atomic E-state index is 12.8. The van der Waals surface area contributed by atoms with Crippen molar-refractivity contribution in [1.82, 2.24) is 9.55 Å². The molecule has 4 rings (SSSR count). The molecular weight excluding hydrogens is 388 g/mol. The van der Waals surface area contributed by atoms with Crippen LogP contribution in [0.5, 0.6) is 11.5 Å². The smallest absolute Gasteiger partial charge is 0.326 e. The summed E-state index contributed by atoms with van der Waals surface area (Å²) in [5, 5.41) is 0. The molecule has 0 spiro atoms. The Morgan fingerprint density at radius 2 is 1.81 bits per heavy atom. The normalized spacial score (nSPS) is 11.3. The summed E-state index contributed by atoms with van der Waals surface area (Å²) >= 11 is 0. The number of rotatable bonds is 7. The van der Waals surface area contributed by atoms with Gasteiger partial charge in [0.1, 0.15) is 0 Å². The van der Waals surface area contributed by atoms with Crippen molar-refractivity contribution in [2.45, 2.75) is 33.2 Å². The zero-order valence-corrected chi connectivity index (χ0v) is 18.4. The Labute approximate surface area is 182 Å². The molecule has 31 heavy (non-hydrogen) atoms. The highest BCUT2D eigenvalue weighted by atomic mass is 16.5. The lowest BCUT2D eigenvalue weighted by Gasteiger charge is -2.13. The van der Waals surface area contributed by atoms with Gasteiger partial charge in [0.05, 0.1) is 31.3 Å². The summed E-state index contributed by atoms with van der Waals surface area (Å²) in [6.45, 7) is 7.33. The molecule has 5 heteroatoms. The van der Waals surface area contributed by atoms with Crippen LogP contribution in [-0.2, 0) is 6.54 Å². The SMILES string of the molecule is CCOc1cc(Cn2c(=O)[nH]c3cc(-c4ccccc4C(C)C)ccc32)ccc1OC. The quantitative estimate of drug-likeness (QED) is 0.428. The lowest BCUT2D eigenvalue weighted by atomic mass is 9.92. The largest absolute Gasteiger partial charge is 0.493 e. The molecule has 0 aliphatic carbocycles. The van der Waals surface area contributed by atoms with Crippen LogP contribution in [0, 0.1) is 0 Å². The molecule has 0 bridgehead atoms. The van der Waals surface area contributed by atoms with Crippen LogP contribution in [-0.4, -0.2) is 23.3 Å². The van der Waals surface area contributed by atoms with E-state index in [1.165, 1.54) is 11.1 Å². The van der Waals surface area contributed by atoms with Crippen molar-refractivity contribution in [1.29, 1.82) is 0 Å². The number of nitrogens with zero attached hydrogens (tertiary/aromatic N) is 1. The number of methoxy groups -OCH3 is 1. The fraction of sp³-hybridized carbons (Fsp3) is 0.269. The molecule has 0 saturated carbocycles. The minimum Gasteiger partial charge on any atom is -0.493 e. The van der Waals surface area contributed by atoms with Crippen LogP contribution < -0.4 is 15.2 Å². The summed E-state index contributed by atoms with van der Waals surface area (Å²) in [5.74, 6) is 1.79. The highest BCUT2D eigenvalue weighted by molar-refractivity contribution is 5.83. The average Bonchev–Trinajstić information content (AvgIpc) is 3.08. The highest BCUT2D eigenvalue weighted by Crippen LogP contribution is 2.31. The summed E-state index contributed by atoms with van der Waals surface area (Å²) in [6, 6.07) is 20.4. The Kier molecular flexibility index (Phi) is 5.85. The molecule has 160 valence electrons. The van der Waals surface area contributed by atoms with Gasteiger partial charge in [0.25, 0.3) is 0 Å². The molecular formula is C26H28N2O3. The summed E-state index contributed by atoms with van der Waals surface area (Å²) in [4.78, 5) is 15.8. The number of hydrogen-bond donors (Lipinski definition) is 1. The third-order valence-corrected chi connectivity index (χ3v) is 5.54. The third kappa shape index (κ3) is 4.08. The number of ether oxygens (including phenoxy) is 2. The van der Waals surface area contributed by atoms with Crippen LogP contribution in [0.2, 0.25) is 0 Å². The topological polar surface area (TPSA) is 56.2 Å². The van der Waals surface area contributed by atoms with E-state index >= 15 is 0 Å². The van der Waals surface area contributed by atoms with E-state index in [1.807, 2.05) is 31.2 Å². The Bertz CT molecular complexity index is 1270. The minimum atomic E-state index is -0.127. The fourth-order valence-corrected chi connectivity index (χ4v) is 4.02. The lowest BCUT2D eigenvalue weighted by Crippen LogP contribution is -2.17. The second kappa shape index (κ2) is 8.72. The molecule has 0 saturated heterocycles. The minimum absolute atomic E-state index is 0.127. The van der Waals surface area contributed by atoms with Crippen LogP contribution in [0.3, 0.4) is 0 Å². The number of benzene rings is 3. The van der Waals surface area contributed by atoms with Crippen molar-refractivity contribution in [2.24, 2.45) is 0 Å². The summed E-state index contributed by atoms with van der Waals surface area (Å²) < 4.78 is 12.8. The molecule has 0 unspecified atom stereocenters. The zero-order chi connectivity index (χ0) is 22.0. The lowest BCUT2D eigenvalue weighted by molar-refractivity contribution is 0.310. The molecule has 3 aromatic carbocycles. The van der Waals surface area contributed by atoms with E-state index in [1.54, 1.807) is 11.7 Å². The first-order valence-electron chi connectivity index (χ1n) is 10.6. The van der Waals surface area contributed by atoms with Gasteiger partial charge in [0, 0.05) is 0 Å². The van der Waals surface area contributed by atoms with Crippen LogP contribution in [0.1, 0.15) is 37.8 Å². The predicted molar refractivity (Wildman–Crippen MR) is 125 cm³/mol. The van der Waals surface area contributed by atoms with Gasteiger partial charge < -0.3 is 14.5 Å².